The zero-order valence-corrected chi connectivity index (χ0v) is 18.8. The van der Waals surface area contributed by atoms with Crippen LogP contribution in [-0.2, 0) is 12.2 Å². The third-order valence-corrected chi connectivity index (χ3v) is 5.84. The van der Waals surface area contributed by atoms with Gasteiger partial charge in [0.1, 0.15) is 0 Å². The summed E-state index contributed by atoms with van der Waals surface area (Å²) in [6.45, 7) is 0.729. The van der Waals surface area contributed by atoms with E-state index in [1.54, 1.807) is 14.2 Å². The summed E-state index contributed by atoms with van der Waals surface area (Å²) in [4.78, 5) is 1.28. The SMILES string of the molecule is COc1ccc(CCNC(=S)Nc2ccc(CSc3ccccc3)cc2)cc1OC. The molecule has 2 N–H and O–H groups in total. The van der Waals surface area contributed by atoms with Crippen LogP contribution in [0.5, 0.6) is 11.5 Å². The highest BCUT2D eigenvalue weighted by atomic mass is 32.2. The average molecular weight is 439 g/mol. The molecule has 0 unspecified atom stereocenters. The molecule has 0 spiro atoms. The summed E-state index contributed by atoms with van der Waals surface area (Å²) >= 11 is 7.25. The van der Waals surface area contributed by atoms with Crippen LogP contribution in [0.25, 0.3) is 0 Å². The first-order valence-electron chi connectivity index (χ1n) is 9.70. The normalized spacial score (nSPS) is 10.3. The van der Waals surface area contributed by atoms with Crippen molar-refractivity contribution in [2.45, 2.75) is 17.1 Å². The molecule has 0 amide bonds. The van der Waals surface area contributed by atoms with Crippen LogP contribution in [0.2, 0.25) is 0 Å². The first-order valence-corrected chi connectivity index (χ1v) is 11.1. The molecule has 3 aromatic rings. The molecule has 0 radical (unpaired) electrons. The van der Waals surface area contributed by atoms with E-state index in [0.717, 1.165) is 41.5 Å². The Balaban J connectivity index is 1.42. The fourth-order valence-electron chi connectivity index (χ4n) is 2.90. The van der Waals surface area contributed by atoms with E-state index in [0.29, 0.717) is 5.11 Å². The predicted molar refractivity (Wildman–Crippen MR) is 130 cm³/mol. The summed E-state index contributed by atoms with van der Waals surface area (Å²) in [7, 11) is 3.28. The van der Waals surface area contributed by atoms with E-state index in [1.165, 1.54) is 10.5 Å². The highest BCUT2D eigenvalue weighted by Crippen LogP contribution is 2.27. The van der Waals surface area contributed by atoms with Crippen LogP contribution in [0.4, 0.5) is 5.69 Å². The second-order valence-corrected chi connectivity index (χ2v) is 8.08. The van der Waals surface area contributed by atoms with Gasteiger partial charge in [-0.3, -0.25) is 0 Å². The average Bonchev–Trinajstić information content (AvgIpc) is 2.79. The lowest BCUT2D eigenvalue weighted by Crippen LogP contribution is -2.30. The van der Waals surface area contributed by atoms with Crippen LogP contribution in [0, 0.1) is 0 Å². The van der Waals surface area contributed by atoms with Gasteiger partial charge in [-0.2, -0.15) is 0 Å². The molecule has 0 aromatic heterocycles. The zero-order chi connectivity index (χ0) is 21.2. The van der Waals surface area contributed by atoms with Crippen molar-refractivity contribution in [3.63, 3.8) is 0 Å². The minimum absolute atomic E-state index is 0.613. The first-order chi connectivity index (χ1) is 14.7. The molecule has 0 fully saturated rings. The molecule has 0 aliphatic carbocycles. The highest BCUT2D eigenvalue weighted by Gasteiger charge is 2.05. The molecule has 0 bridgehead atoms. The van der Waals surface area contributed by atoms with Crippen LogP contribution in [-0.4, -0.2) is 25.9 Å². The van der Waals surface area contributed by atoms with Gasteiger partial charge in [0.25, 0.3) is 0 Å². The Kier molecular flexibility index (Phi) is 8.41. The number of rotatable bonds is 9. The molecule has 0 aliphatic heterocycles. The van der Waals surface area contributed by atoms with Crippen LogP contribution in [0.3, 0.4) is 0 Å². The number of nitrogens with one attached hydrogen (secondary N) is 2. The van der Waals surface area contributed by atoms with Crippen molar-refractivity contribution in [2.24, 2.45) is 0 Å². The summed E-state index contributed by atoms with van der Waals surface area (Å²) in [6, 6.07) is 24.7. The number of hydrogen-bond acceptors (Lipinski definition) is 4. The van der Waals surface area contributed by atoms with Crippen LogP contribution in [0.15, 0.2) is 77.7 Å². The Hall–Kier alpha value is -2.70. The van der Waals surface area contributed by atoms with Gasteiger partial charge >= 0.3 is 0 Å². The minimum atomic E-state index is 0.613. The van der Waals surface area contributed by atoms with Gasteiger partial charge in [-0.25, -0.2) is 0 Å². The van der Waals surface area contributed by atoms with E-state index >= 15 is 0 Å². The molecule has 30 heavy (non-hydrogen) atoms. The third kappa shape index (κ3) is 6.68. The first kappa shape index (κ1) is 22.0. The van der Waals surface area contributed by atoms with Crippen LogP contribution >= 0.6 is 24.0 Å². The quantitative estimate of drug-likeness (QED) is 0.338. The Morgan fingerprint density at radius 3 is 2.27 bits per heavy atom. The van der Waals surface area contributed by atoms with Crippen molar-refractivity contribution in [1.82, 2.24) is 5.32 Å². The van der Waals surface area contributed by atoms with Crippen molar-refractivity contribution >= 4 is 34.8 Å². The molecule has 0 saturated carbocycles. The third-order valence-electron chi connectivity index (χ3n) is 4.51. The number of methoxy groups -OCH3 is 2. The maximum absolute atomic E-state index is 5.42. The van der Waals surface area contributed by atoms with E-state index in [1.807, 2.05) is 36.0 Å². The molecule has 0 heterocycles. The topological polar surface area (TPSA) is 42.5 Å². The lowest BCUT2D eigenvalue weighted by molar-refractivity contribution is 0.354. The molecule has 3 rings (SSSR count). The van der Waals surface area contributed by atoms with Gasteiger partial charge in [-0.05, 0) is 66.2 Å². The minimum Gasteiger partial charge on any atom is -0.493 e. The summed E-state index contributed by atoms with van der Waals surface area (Å²) in [6.07, 6.45) is 0.831. The molecule has 0 aliphatic rings. The fourth-order valence-corrected chi connectivity index (χ4v) is 3.99. The molecule has 3 aromatic carbocycles. The van der Waals surface area contributed by atoms with Gasteiger partial charge in [-0.15, -0.1) is 11.8 Å². The second-order valence-electron chi connectivity index (χ2n) is 6.62. The Morgan fingerprint density at radius 2 is 1.57 bits per heavy atom. The molecule has 0 saturated heterocycles. The van der Waals surface area contributed by atoms with Crippen molar-refractivity contribution in [1.29, 1.82) is 0 Å². The van der Waals surface area contributed by atoms with E-state index < -0.39 is 0 Å². The molecule has 4 nitrogen and oxygen atoms in total. The molecule has 0 atom stereocenters. The number of anilines is 1. The molecular formula is C24H26N2O2S2. The van der Waals surface area contributed by atoms with Gasteiger partial charge in [0, 0.05) is 22.9 Å². The lowest BCUT2D eigenvalue weighted by atomic mass is 10.1. The van der Waals surface area contributed by atoms with Crippen molar-refractivity contribution in [3.8, 4) is 11.5 Å². The van der Waals surface area contributed by atoms with Crippen molar-refractivity contribution in [3.05, 3.63) is 83.9 Å². The molecular weight excluding hydrogens is 412 g/mol. The molecule has 156 valence electrons. The second kappa shape index (κ2) is 11.5. The summed E-state index contributed by atoms with van der Waals surface area (Å²) in [5, 5.41) is 7.10. The summed E-state index contributed by atoms with van der Waals surface area (Å²) in [5.41, 5.74) is 3.41. The van der Waals surface area contributed by atoms with E-state index in [-0.39, 0.29) is 0 Å². The van der Waals surface area contributed by atoms with E-state index in [9.17, 15) is 0 Å². The zero-order valence-electron chi connectivity index (χ0n) is 17.2. The Labute approximate surface area is 188 Å². The monoisotopic (exact) mass is 438 g/mol. The largest absolute Gasteiger partial charge is 0.493 e. The smallest absolute Gasteiger partial charge is 0.170 e. The van der Waals surface area contributed by atoms with E-state index in [4.69, 9.17) is 21.7 Å². The predicted octanol–water partition coefficient (Wildman–Crippen LogP) is 5.53. The van der Waals surface area contributed by atoms with Gasteiger partial charge in [0.05, 0.1) is 14.2 Å². The van der Waals surface area contributed by atoms with Crippen LogP contribution in [0.1, 0.15) is 11.1 Å². The number of hydrogen-bond donors (Lipinski definition) is 2. The number of thioether (sulfide) groups is 1. The number of ether oxygens (including phenoxy) is 2. The van der Waals surface area contributed by atoms with Gasteiger partial charge < -0.3 is 20.1 Å². The van der Waals surface area contributed by atoms with Gasteiger partial charge in [-0.1, -0.05) is 36.4 Å². The van der Waals surface area contributed by atoms with Gasteiger partial charge in [0.15, 0.2) is 16.6 Å². The Morgan fingerprint density at radius 1 is 0.867 bits per heavy atom. The van der Waals surface area contributed by atoms with E-state index in [2.05, 4.69) is 59.2 Å². The highest BCUT2D eigenvalue weighted by molar-refractivity contribution is 7.98. The van der Waals surface area contributed by atoms with Crippen LogP contribution < -0.4 is 20.1 Å². The summed E-state index contributed by atoms with van der Waals surface area (Å²) < 4.78 is 10.6. The summed E-state index contributed by atoms with van der Waals surface area (Å²) in [5.74, 6) is 2.41. The number of benzene rings is 3. The van der Waals surface area contributed by atoms with Crippen molar-refractivity contribution in [2.75, 3.05) is 26.1 Å². The standard InChI is InChI=1S/C24H26N2O2S2/c1-27-22-13-10-18(16-23(22)28-2)14-15-25-24(29)26-20-11-8-19(9-12-20)17-30-21-6-4-3-5-7-21/h3-13,16H,14-15,17H2,1-2H3,(H2,25,26,29). The fraction of sp³-hybridized carbons (Fsp3) is 0.208. The lowest BCUT2D eigenvalue weighted by Gasteiger charge is -2.12. The maximum Gasteiger partial charge on any atom is 0.170 e. The molecule has 6 heteroatoms. The Bertz CT molecular complexity index is 947. The number of thiocarbonyl (C=S) groups is 1. The van der Waals surface area contributed by atoms with Gasteiger partial charge in [0.2, 0.25) is 0 Å². The maximum atomic E-state index is 5.42. The van der Waals surface area contributed by atoms with Crippen molar-refractivity contribution < 1.29 is 9.47 Å².